The summed E-state index contributed by atoms with van der Waals surface area (Å²) < 4.78 is 1.00. The van der Waals surface area contributed by atoms with Gasteiger partial charge in [-0.3, -0.25) is 0 Å². The maximum Gasteiger partial charge on any atom is 0.0991 e. The van der Waals surface area contributed by atoms with Crippen molar-refractivity contribution in [1.82, 2.24) is 5.32 Å². The third-order valence-corrected chi connectivity index (χ3v) is 6.84. The molecule has 3 aromatic carbocycles. The summed E-state index contributed by atoms with van der Waals surface area (Å²) >= 11 is 9.60. The second-order valence-corrected chi connectivity index (χ2v) is 10.3. The van der Waals surface area contributed by atoms with Crippen molar-refractivity contribution in [2.45, 2.75) is 45.2 Å². The zero-order valence-electron chi connectivity index (χ0n) is 19.0. The molecule has 0 saturated heterocycles. The summed E-state index contributed by atoms with van der Waals surface area (Å²) in [5.74, 6) is 0.0897. The van der Waals surface area contributed by atoms with Gasteiger partial charge in [-0.15, -0.1) is 0 Å². The van der Waals surface area contributed by atoms with Gasteiger partial charge in [0.25, 0.3) is 0 Å². The Morgan fingerprint density at radius 1 is 0.970 bits per heavy atom. The Balaban J connectivity index is 1.98. The van der Waals surface area contributed by atoms with Crippen molar-refractivity contribution < 1.29 is 0 Å². The van der Waals surface area contributed by atoms with E-state index in [1.807, 2.05) is 68.4 Å². The quantitative estimate of drug-likeness (QED) is 0.333. The number of hydrogen-bond acceptors (Lipinski definition) is 3. The SMILES string of the molecule is C[C@H](NC(c1ccc(Br)cc1)C(C)(C)C#N)[C@@H](Cc1ccc(Cl)cc1)c1cccc(C#N)c1. The molecule has 0 aliphatic heterocycles. The molecule has 0 amide bonds. The van der Waals surface area contributed by atoms with E-state index in [1.165, 1.54) is 5.56 Å². The van der Waals surface area contributed by atoms with Gasteiger partial charge in [0.2, 0.25) is 0 Å². The number of hydrogen-bond donors (Lipinski definition) is 1. The summed E-state index contributed by atoms with van der Waals surface area (Å²) in [6, 6.07) is 28.4. The van der Waals surface area contributed by atoms with Gasteiger partial charge in [-0.1, -0.05) is 63.9 Å². The highest BCUT2D eigenvalue weighted by Crippen LogP contribution is 2.36. The summed E-state index contributed by atoms with van der Waals surface area (Å²) in [6.07, 6.45) is 0.778. The lowest BCUT2D eigenvalue weighted by atomic mass is 9.79. The summed E-state index contributed by atoms with van der Waals surface area (Å²) in [7, 11) is 0. The van der Waals surface area contributed by atoms with Crippen LogP contribution in [0, 0.1) is 28.1 Å². The van der Waals surface area contributed by atoms with Crippen LogP contribution >= 0.6 is 27.5 Å². The first-order valence-electron chi connectivity index (χ1n) is 10.9. The fourth-order valence-corrected chi connectivity index (χ4v) is 4.51. The van der Waals surface area contributed by atoms with Gasteiger partial charge in [0.15, 0.2) is 0 Å². The molecule has 0 radical (unpaired) electrons. The predicted octanol–water partition coefficient (Wildman–Crippen LogP) is 7.57. The number of halogens is 2. The van der Waals surface area contributed by atoms with E-state index in [4.69, 9.17) is 11.6 Å². The second-order valence-electron chi connectivity index (χ2n) is 8.95. The van der Waals surface area contributed by atoms with Crippen LogP contribution in [0.4, 0.5) is 0 Å². The van der Waals surface area contributed by atoms with E-state index in [0.29, 0.717) is 10.6 Å². The lowest BCUT2D eigenvalue weighted by Gasteiger charge is -2.35. The third kappa shape index (κ3) is 6.46. The van der Waals surface area contributed by atoms with Crippen molar-refractivity contribution in [3.63, 3.8) is 0 Å². The number of nitrogens with one attached hydrogen (secondary N) is 1. The van der Waals surface area contributed by atoms with Gasteiger partial charge >= 0.3 is 0 Å². The summed E-state index contributed by atoms with van der Waals surface area (Å²) in [4.78, 5) is 0. The second kappa shape index (κ2) is 11.0. The maximum absolute atomic E-state index is 9.93. The van der Waals surface area contributed by atoms with Crippen LogP contribution in [0.3, 0.4) is 0 Å². The Morgan fingerprint density at radius 3 is 2.24 bits per heavy atom. The van der Waals surface area contributed by atoms with E-state index in [0.717, 1.165) is 22.0 Å². The molecule has 0 aliphatic rings. The van der Waals surface area contributed by atoms with E-state index in [1.54, 1.807) is 0 Å². The van der Waals surface area contributed by atoms with Crippen molar-refractivity contribution in [3.8, 4) is 12.1 Å². The molecule has 3 atom stereocenters. The summed E-state index contributed by atoms with van der Waals surface area (Å²) in [5, 5.41) is 23.8. The average molecular weight is 521 g/mol. The minimum Gasteiger partial charge on any atom is -0.305 e. The molecule has 33 heavy (non-hydrogen) atoms. The number of nitriles is 2. The molecule has 0 fully saturated rings. The Kier molecular flexibility index (Phi) is 8.33. The zero-order chi connectivity index (χ0) is 24.0. The van der Waals surface area contributed by atoms with E-state index in [-0.39, 0.29) is 18.0 Å². The molecule has 1 N–H and O–H groups in total. The van der Waals surface area contributed by atoms with Gasteiger partial charge in [-0.05, 0) is 80.3 Å². The van der Waals surface area contributed by atoms with E-state index in [2.05, 4.69) is 58.5 Å². The van der Waals surface area contributed by atoms with Gasteiger partial charge < -0.3 is 5.32 Å². The number of nitrogens with zero attached hydrogens (tertiary/aromatic N) is 2. The fourth-order valence-electron chi connectivity index (χ4n) is 4.12. The molecule has 0 bridgehead atoms. The van der Waals surface area contributed by atoms with Crippen molar-refractivity contribution in [2.24, 2.45) is 5.41 Å². The van der Waals surface area contributed by atoms with Crippen molar-refractivity contribution in [1.29, 1.82) is 10.5 Å². The summed E-state index contributed by atoms with van der Waals surface area (Å²) in [5.41, 5.74) is 3.34. The Bertz CT molecular complexity index is 1160. The molecular formula is C28H27BrClN3. The van der Waals surface area contributed by atoms with E-state index >= 15 is 0 Å². The van der Waals surface area contributed by atoms with Gasteiger partial charge in [-0.25, -0.2) is 0 Å². The van der Waals surface area contributed by atoms with Crippen LogP contribution < -0.4 is 5.32 Å². The van der Waals surface area contributed by atoms with Gasteiger partial charge in [0.1, 0.15) is 0 Å². The van der Waals surface area contributed by atoms with Crippen molar-refractivity contribution in [3.05, 3.63) is 105 Å². The predicted molar refractivity (Wildman–Crippen MR) is 138 cm³/mol. The smallest absolute Gasteiger partial charge is 0.0991 e. The molecule has 1 unspecified atom stereocenters. The molecule has 3 nitrogen and oxygen atoms in total. The molecule has 3 aromatic rings. The molecule has 5 heteroatoms. The number of benzene rings is 3. The van der Waals surface area contributed by atoms with Crippen LogP contribution in [0.25, 0.3) is 0 Å². The highest BCUT2D eigenvalue weighted by molar-refractivity contribution is 9.10. The molecule has 0 spiro atoms. The minimum absolute atomic E-state index is 0.0240. The van der Waals surface area contributed by atoms with Crippen LogP contribution in [0.15, 0.2) is 77.3 Å². The summed E-state index contributed by atoms with van der Waals surface area (Å²) in [6.45, 7) is 6.08. The van der Waals surface area contributed by atoms with Crippen LogP contribution in [0.5, 0.6) is 0 Å². The fraction of sp³-hybridized carbons (Fsp3) is 0.286. The van der Waals surface area contributed by atoms with Crippen LogP contribution in [0.1, 0.15) is 55.0 Å². The molecular weight excluding hydrogens is 494 g/mol. The highest BCUT2D eigenvalue weighted by Gasteiger charge is 2.34. The Morgan fingerprint density at radius 2 is 1.64 bits per heavy atom. The molecule has 3 rings (SSSR count). The van der Waals surface area contributed by atoms with Crippen LogP contribution in [-0.2, 0) is 6.42 Å². The monoisotopic (exact) mass is 519 g/mol. The van der Waals surface area contributed by atoms with Gasteiger partial charge in [-0.2, -0.15) is 10.5 Å². The molecule has 0 aromatic heterocycles. The molecule has 0 heterocycles. The van der Waals surface area contributed by atoms with Crippen molar-refractivity contribution >= 4 is 27.5 Å². The van der Waals surface area contributed by atoms with E-state index < -0.39 is 5.41 Å². The Labute approximate surface area is 210 Å². The molecule has 0 aliphatic carbocycles. The highest BCUT2D eigenvalue weighted by atomic mass is 79.9. The maximum atomic E-state index is 9.93. The first kappa shape index (κ1) is 25.0. The lowest BCUT2D eigenvalue weighted by molar-refractivity contribution is 0.281. The minimum atomic E-state index is -0.624. The molecule has 168 valence electrons. The van der Waals surface area contributed by atoms with Gasteiger partial charge in [0, 0.05) is 21.5 Å². The molecule has 0 saturated carbocycles. The average Bonchev–Trinajstić information content (AvgIpc) is 2.82. The largest absolute Gasteiger partial charge is 0.305 e. The van der Waals surface area contributed by atoms with Crippen molar-refractivity contribution in [2.75, 3.05) is 0 Å². The number of rotatable bonds is 8. The zero-order valence-corrected chi connectivity index (χ0v) is 21.4. The normalized spacial score (nSPS) is 14.0. The van der Waals surface area contributed by atoms with Gasteiger partial charge in [0.05, 0.1) is 29.2 Å². The third-order valence-electron chi connectivity index (χ3n) is 6.06. The first-order chi connectivity index (χ1) is 15.7. The first-order valence-corrected chi connectivity index (χ1v) is 12.1. The van der Waals surface area contributed by atoms with Crippen LogP contribution in [0.2, 0.25) is 5.02 Å². The topological polar surface area (TPSA) is 59.6 Å². The Hall–Kier alpha value is -2.63. The van der Waals surface area contributed by atoms with Crippen LogP contribution in [-0.4, -0.2) is 6.04 Å². The van der Waals surface area contributed by atoms with E-state index in [9.17, 15) is 10.5 Å². The standard InChI is InChI=1S/C28H27BrClN3/c1-19(33-27(28(2,3)18-32)22-9-11-24(29)12-10-22)26(16-20-7-13-25(30)14-8-20)23-6-4-5-21(15-23)17-31/h4-15,19,26-27,33H,16H2,1-3H3/t19-,26+,27?/m0/s1. The lowest BCUT2D eigenvalue weighted by Crippen LogP contribution is -2.42.